The Morgan fingerprint density at radius 3 is 2.55 bits per heavy atom. The number of anilines is 1. The molecule has 7 nitrogen and oxygen atoms in total. The Morgan fingerprint density at radius 1 is 1.03 bits per heavy atom. The molecule has 0 unspecified atom stereocenters. The molecule has 0 aromatic heterocycles. The van der Waals surface area contributed by atoms with Gasteiger partial charge in [0.1, 0.15) is 6.17 Å². The maximum Gasteiger partial charge on any atom is 0.260 e. The lowest BCUT2D eigenvalue weighted by atomic mass is 10.0. The molecule has 3 amide bonds. The minimum atomic E-state index is -0.474. The van der Waals surface area contributed by atoms with Crippen LogP contribution in [0.15, 0.2) is 48.5 Å². The predicted molar refractivity (Wildman–Crippen MR) is 108 cm³/mol. The van der Waals surface area contributed by atoms with E-state index >= 15 is 0 Å². The van der Waals surface area contributed by atoms with E-state index in [2.05, 4.69) is 5.32 Å². The molecule has 0 fully saturated rings. The van der Waals surface area contributed by atoms with Crippen LogP contribution in [-0.4, -0.2) is 49.4 Å². The molecule has 4 rings (SSSR count). The molecule has 0 radical (unpaired) electrons. The van der Waals surface area contributed by atoms with E-state index in [1.54, 1.807) is 35.1 Å². The van der Waals surface area contributed by atoms with Gasteiger partial charge < -0.3 is 15.0 Å². The highest BCUT2D eigenvalue weighted by molar-refractivity contribution is 6.16. The van der Waals surface area contributed by atoms with Gasteiger partial charge in [-0.05, 0) is 24.6 Å². The number of carbonyl (C=O) groups is 3. The third-order valence-corrected chi connectivity index (χ3v) is 5.31. The second kappa shape index (κ2) is 8.05. The van der Waals surface area contributed by atoms with Gasteiger partial charge in [-0.25, -0.2) is 0 Å². The van der Waals surface area contributed by atoms with E-state index in [9.17, 15) is 14.4 Å². The molecular formula is C22H23N3O4. The summed E-state index contributed by atoms with van der Waals surface area (Å²) in [4.78, 5) is 41.7. The summed E-state index contributed by atoms with van der Waals surface area (Å²) in [5.41, 5.74) is 2.58. The molecule has 7 heteroatoms. The third-order valence-electron chi connectivity index (χ3n) is 5.31. The largest absolute Gasteiger partial charge is 0.383 e. The normalized spacial score (nSPS) is 17.1. The Balaban J connectivity index is 1.58. The summed E-state index contributed by atoms with van der Waals surface area (Å²) in [6, 6.07) is 14.6. The smallest absolute Gasteiger partial charge is 0.260 e. The Kier molecular flexibility index (Phi) is 5.31. The Morgan fingerprint density at radius 2 is 1.76 bits per heavy atom. The van der Waals surface area contributed by atoms with Crippen molar-refractivity contribution >= 4 is 23.4 Å². The van der Waals surface area contributed by atoms with E-state index in [4.69, 9.17) is 4.74 Å². The molecule has 2 heterocycles. The van der Waals surface area contributed by atoms with Crippen molar-refractivity contribution in [1.29, 1.82) is 0 Å². The van der Waals surface area contributed by atoms with E-state index in [0.717, 1.165) is 5.56 Å². The van der Waals surface area contributed by atoms with Crippen LogP contribution in [0.3, 0.4) is 0 Å². The lowest BCUT2D eigenvalue weighted by molar-refractivity contribution is -0.121. The molecule has 2 aliphatic heterocycles. The highest BCUT2D eigenvalue weighted by Gasteiger charge is 2.47. The van der Waals surface area contributed by atoms with E-state index in [1.807, 2.05) is 30.3 Å². The first-order valence-corrected chi connectivity index (χ1v) is 9.71. The third kappa shape index (κ3) is 3.38. The van der Waals surface area contributed by atoms with Crippen molar-refractivity contribution in [3.63, 3.8) is 0 Å². The van der Waals surface area contributed by atoms with E-state index < -0.39 is 6.17 Å². The number of methoxy groups -OCH3 is 1. The maximum absolute atomic E-state index is 13.2. The Hall–Kier alpha value is -3.19. The first-order valence-electron chi connectivity index (χ1n) is 9.71. The van der Waals surface area contributed by atoms with Crippen molar-refractivity contribution in [1.82, 2.24) is 10.2 Å². The molecule has 2 aromatic carbocycles. The zero-order valence-corrected chi connectivity index (χ0v) is 16.3. The number of nitrogens with zero attached hydrogens (tertiary/aromatic N) is 2. The molecule has 1 atom stereocenters. The topological polar surface area (TPSA) is 79.0 Å². The molecule has 0 spiro atoms. The monoisotopic (exact) mass is 393 g/mol. The van der Waals surface area contributed by atoms with Crippen molar-refractivity contribution in [2.75, 3.05) is 31.7 Å². The Labute approximate surface area is 169 Å². The number of nitrogens with one attached hydrogen (secondary N) is 1. The number of para-hydroxylation sites is 1. The standard InChI is InChI=1S/C22H23N3O4/c1-29-14-12-23-19(26)11-6-13-24-20-15-7-2-3-8-16(15)22(28)25(20)18-10-5-4-9-17(18)21(24)27/h2-5,7-10,20H,6,11-14H2,1H3,(H,23,26)/t20-/m1/s1. The van der Waals surface area contributed by atoms with Gasteiger partial charge in [-0.3, -0.25) is 19.3 Å². The van der Waals surface area contributed by atoms with Crippen molar-refractivity contribution in [3.8, 4) is 0 Å². The van der Waals surface area contributed by atoms with Gasteiger partial charge in [0.2, 0.25) is 5.91 Å². The molecule has 150 valence electrons. The fourth-order valence-electron chi connectivity index (χ4n) is 3.99. The molecule has 0 saturated carbocycles. The number of amides is 3. The summed E-state index contributed by atoms with van der Waals surface area (Å²) in [7, 11) is 1.58. The predicted octanol–water partition coefficient (Wildman–Crippen LogP) is 2.34. The first-order chi connectivity index (χ1) is 14.1. The number of benzene rings is 2. The summed E-state index contributed by atoms with van der Waals surface area (Å²) >= 11 is 0. The summed E-state index contributed by atoms with van der Waals surface area (Å²) in [6.45, 7) is 1.31. The number of hydrogen-bond acceptors (Lipinski definition) is 4. The molecular weight excluding hydrogens is 370 g/mol. The molecule has 0 aliphatic carbocycles. The molecule has 29 heavy (non-hydrogen) atoms. The van der Waals surface area contributed by atoms with Crippen LogP contribution < -0.4 is 10.2 Å². The molecule has 0 saturated heterocycles. The van der Waals surface area contributed by atoms with Crippen LogP contribution in [0.5, 0.6) is 0 Å². The van der Waals surface area contributed by atoms with Crippen molar-refractivity contribution in [2.45, 2.75) is 19.0 Å². The number of ether oxygens (including phenoxy) is 1. The van der Waals surface area contributed by atoms with Crippen molar-refractivity contribution < 1.29 is 19.1 Å². The molecule has 2 aromatic rings. The van der Waals surface area contributed by atoms with Crippen LogP contribution in [0, 0.1) is 0 Å². The van der Waals surface area contributed by atoms with E-state index in [-0.39, 0.29) is 17.7 Å². The second-order valence-electron chi connectivity index (χ2n) is 7.10. The van der Waals surface area contributed by atoms with Crippen molar-refractivity contribution in [2.24, 2.45) is 0 Å². The maximum atomic E-state index is 13.2. The van der Waals surface area contributed by atoms with Gasteiger partial charge in [-0.15, -0.1) is 0 Å². The summed E-state index contributed by atoms with van der Waals surface area (Å²) in [6.07, 6.45) is 0.336. The minimum Gasteiger partial charge on any atom is -0.383 e. The zero-order chi connectivity index (χ0) is 20.4. The van der Waals surface area contributed by atoms with Crippen molar-refractivity contribution in [3.05, 3.63) is 65.2 Å². The fraction of sp³-hybridized carbons (Fsp3) is 0.318. The minimum absolute atomic E-state index is 0.0772. The lowest BCUT2D eigenvalue weighted by Crippen LogP contribution is -2.48. The highest BCUT2D eigenvalue weighted by Crippen LogP contribution is 2.45. The number of fused-ring (bicyclic) bond motifs is 5. The van der Waals surface area contributed by atoms with Crippen LogP contribution in [0.25, 0.3) is 0 Å². The average Bonchev–Trinajstić information content (AvgIpc) is 3.04. The van der Waals surface area contributed by atoms with Crippen LogP contribution in [-0.2, 0) is 9.53 Å². The Bertz CT molecular complexity index is 959. The van der Waals surface area contributed by atoms with Crippen LogP contribution in [0.1, 0.15) is 45.3 Å². The van der Waals surface area contributed by atoms with Crippen LogP contribution in [0.2, 0.25) is 0 Å². The first kappa shape index (κ1) is 19.1. The van der Waals surface area contributed by atoms with Gasteiger partial charge in [-0.1, -0.05) is 30.3 Å². The van der Waals surface area contributed by atoms with Gasteiger partial charge in [-0.2, -0.15) is 0 Å². The summed E-state index contributed by atoms with van der Waals surface area (Å²) < 4.78 is 4.92. The molecule has 0 bridgehead atoms. The SMILES string of the molecule is COCCNC(=O)CCCN1C(=O)c2ccccc2N2C(=O)c3ccccc3[C@H]12. The number of rotatable bonds is 7. The fourth-order valence-corrected chi connectivity index (χ4v) is 3.99. The summed E-state index contributed by atoms with van der Waals surface area (Å²) in [5, 5.41) is 2.79. The average molecular weight is 393 g/mol. The summed E-state index contributed by atoms with van der Waals surface area (Å²) in [5.74, 6) is -0.300. The quantitative estimate of drug-likeness (QED) is 0.733. The van der Waals surface area contributed by atoms with E-state index in [0.29, 0.717) is 49.4 Å². The van der Waals surface area contributed by atoms with Gasteiger partial charge >= 0.3 is 0 Å². The van der Waals surface area contributed by atoms with E-state index in [1.165, 1.54) is 0 Å². The number of carbonyl (C=O) groups excluding carboxylic acids is 3. The lowest BCUT2D eigenvalue weighted by Gasteiger charge is -2.41. The van der Waals surface area contributed by atoms with Gasteiger partial charge in [0.05, 0.1) is 17.9 Å². The zero-order valence-electron chi connectivity index (χ0n) is 16.3. The van der Waals surface area contributed by atoms with Gasteiger partial charge in [0, 0.05) is 37.7 Å². The molecule has 2 aliphatic rings. The van der Waals surface area contributed by atoms with Gasteiger partial charge in [0.25, 0.3) is 11.8 Å². The molecule has 1 N–H and O–H groups in total. The highest BCUT2D eigenvalue weighted by atomic mass is 16.5. The van der Waals surface area contributed by atoms with Gasteiger partial charge in [0.15, 0.2) is 0 Å². The second-order valence-corrected chi connectivity index (χ2v) is 7.10. The number of hydrogen-bond donors (Lipinski definition) is 1. The van der Waals surface area contributed by atoms with Crippen LogP contribution >= 0.6 is 0 Å². The van der Waals surface area contributed by atoms with Crippen LogP contribution in [0.4, 0.5) is 5.69 Å².